The van der Waals surface area contributed by atoms with Gasteiger partial charge >= 0.3 is 0 Å². The summed E-state index contributed by atoms with van der Waals surface area (Å²) in [5.74, 6) is 1.03. The monoisotopic (exact) mass is 210 g/mol. The molecule has 0 amide bonds. The van der Waals surface area contributed by atoms with Gasteiger partial charge in [0.1, 0.15) is 0 Å². The van der Waals surface area contributed by atoms with Gasteiger partial charge < -0.3 is 5.32 Å². The molecule has 2 saturated carbocycles. The molecule has 0 heterocycles. The standard InChI is InChI=1S/C13H26N2/c1-4-13(14-3)10(2)15(12-7-8-12)9-11-5-6-11/h10-14H,4-9H2,1-3H3. The molecule has 0 saturated heterocycles. The smallest absolute Gasteiger partial charge is 0.0223 e. The number of hydrogen-bond donors (Lipinski definition) is 1. The number of likely N-dealkylation sites (N-methyl/N-ethyl adjacent to an activating group) is 1. The van der Waals surface area contributed by atoms with Crippen LogP contribution in [0.1, 0.15) is 46.0 Å². The zero-order chi connectivity index (χ0) is 10.8. The first-order valence-corrected chi connectivity index (χ1v) is 6.69. The molecule has 2 unspecified atom stereocenters. The van der Waals surface area contributed by atoms with Gasteiger partial charge in [0.2, 0.25) is 0 Å². The Kier molecular flexibility index (Phi) is 3.68. The Bertz CT molecular complexity index is 193. The summed E-state index contributed by atoms with van der Waals surface area (Å²) in [4.78, 5) is 2.78. The van der Waals surface area contributed by atoms with E-state index in [4.69, 9.17) is 0 Å². The van der Waals surface area contributed by atoms with E-state index < -0.39 is 0 Å². The summed E-state index contributed by atoms with van der Waals surface area (Å²) < 4.78 is 0. The van der Waals surface area contributed by atoms with Gasteiger partial charge in [0.25, 0.3) is 0 Å². The predicted octanol–water partition coefficient (Wildman–Crippen LogP) is 2.25. The lowest BCUT2D eigenvalue weighted by molar-refractivity contribution is 0.154. The minimum atomic E-state index is 0.671. The van der Waals surface area contributed by atoms with Crippen molar-refractivity contribution in [3.8, 4) is 0 Å². The van der Waals surface area contributed by atoms with Crippen LogP contribution in [0.5, 0.6) is 0 Å². The highest BCUT2D eigenvalue weighted by atomic mass is 15.2. The van der Waals surface area contributed by atoms with E-state index in [0.717, 1.165) is 12.0 Å². The largest absolute Gasteiger partial charge is 0.315 e. The molecular formula is C13H26N2. The molecule has 0 aromatic rings. The van der Waals surface area contributed by atoms with E-state index in [-0.39, 0.29) is 0 Å². The minimum absolute atomic E-state index is 0.671. The van der Waals surface area contributed by atoms with Crippen LogP contribution in [0, 0.1) is 5.92 Å². The Morgan fingerprint density at radius 1 is 1.27 bits per heavy atom. The molecule has 0 spiro atoms. The Hall–Kier alpha value is -0.0800. The van der Waals surface area contributed by atoms with E-state index in [0.29, 0.717) is 12.1 Å². The van der Waals surface area contributed by atoms with Gasteiger partial charge in [-0.1, -0.05) is 6.92 Å². The SMILES string of the molecule is CCC(NC)C(C)N(CC1CC1)C1CC1. The van der Waals surface area contributed by atoms with Crippen molar-refractivity contribution < 1.29 is 0 Å². The molecule has 2 rings (SSSR count). The van der Waals surface area contributed by atoms with E-state index in [1.54, 1.807) is 0 Å². The van der Waals surface area contributed by atoms with Crippen molar-refractivity contribution in [1.29, 1.82) is 0 Å². The van der Waals surface area contributed by atoms with Gasteiger partial charge in [-0.25, -0.2) is 0 Å². The van der Waals surface area contributed by atoms with Crippen molar-refractivity contribution in [3.63, 3.8) is 0 Å². The molecule has 0 radical (unpaired) electrons. The van der Waals surface area contributed by atoms with Gasteiger partial charge in [0, 0.05) is 24.7 Å². The van der Waals surface area contributed by atoms with Crippen LogP contribution in [-0.2, 0) is 0 Å². The zero-order valence-electron chi connectivity index (χ0n) is 10.5. The summed E-state index contributed by atoms with van der Waals surface area (Å²) in [6.07, 6.45) is 7.08. The maximum absolute atomic E-state index is 3.47. The topological polar surface area (TPSA) is 15.3 Å². The lowest BCUT2D eigenvalue weighted by Crippen LogP contribution is -2.48. The molecule has 15 heavy (non-hydrogen) atoms. The zero-order valence-corrected chi connectivity index (χ0v) is 10.5. The lowest BCUT2D eigenvalue weighted by Gasteiger charge is -2.34. The highest BCUT2D eigenvalue weighted by Gasteiger charge is 2.37. The molecule has 2 nitrogen and oxygen atoms in total. The van der Waals surface area contributed by atoms with Gasteiger partial charge in [0.15, 0.2) is 0 Å². The quantitative estimate of drug-likeness (QED) is 0.693. The van der Waals surface area contributed by atoms with Crippen LogP contribution < -0.4 is 5.32 Å². The normalized spacial score (nSPS) is 25.6. The molecule has 2 aliphatic rings. The van der Waals surface area contributed by atoms with Crippen LogP contribution >= 0.6 is 0 Å². The van der Waals surface area contributed by atoms with E-state index in [2.05, 4.69) is 31.1 Å². The fraction of sp³-hybridized carbons (Fsp3) is 1.00. The third-order valence-corrected chi connectivity index (χ3v) is 4.10. The van der Waals surface area contributed by atoms with Crippen molar-refractivity contribution in [2.24, 2.45) is 5.92 Å². The van der Waals surface area contributed by atoms with Crippen molar-refractivity contribution in [3.05, 3.63) is 0 Å². The summed E-state index contributed by atoms with van der Waals surface area (Å²) in [7, 11) is 2.10. The maximum atomic E-state index is 3.47. The molecule has 0 aromatic carbocycles. The summed E-state index contributed by atoms with van der Waals surface area (Å²) in [6.45, 7) is 6.06. The summed E-state index contributed by atoms with van der Waals surface area (Å²) in [5, 5.41) is 3.47. The molecule has 2 fully saturated rings. The summed E-state index contributed by atoms with van der Waals surface area (Å²) in [5.41, 5.74) is 0. The Balaban J connectivity index is 1.89. The summed E-state index contributed by atoms with van der Waals surface area (Å²) >= 11 is 0. The average Bonchev–Trinajstić information content (AvgIpc) is 3.08. The van der Waals surface area contributed by atoms with Crippen LogP contribution in [0.25, 0.3) is 0 Å². The van der Waals surface area contributed by atoms with Crippen molar-refractivity contribution in [1.82, 2.24) is 10.2 Å². The first kappa shape index (κ1) is 11.4. The van der Waals surface area contributed by atoms with Crippen LogP contribution in [0.4, 0.5) is 0 Å². The van der Waals surface area contributed by atoms with Gasteiger partial charge in [-0.05, 0) is 52.0 Å². The number of rotatable bonds is 7. The first-order valence-electron chi connectivity index (χ1n) is 6.69. The predicted molar refractivity (Wildman–Crippen MR) is 65.1 cm³/mol. The Labute approximate surface area is 94.4 Å². The van der Waals surface area contributed by atoms with Crippen molar-refractivity contribution in [2.45, 2.75) is 64.1 Å². The van der Waals surface area contributed by atoms with Crippen molar-refractivity contribution in [2.75, 3.05) is 13.6 Å². The first-order chi connectivity index (χ1) is 7.26. The average molecular weight is 210 g/mol. The van der Waals surface area contributed by atoms with E-state index >= 15 is 0 Å². The highest BCUT2D eigenvalue weighted by Crippen LogP contribution is 2.36. The van der Waals surface area contributed by atoms with Crippen LogP contribution in [-0.4, -0.2) is 36.6 Å². The third kappa shape index (κ3) is 2.94. The van der Waals surface area contributed by atoms with Crippen LogP contribution in [0.15, 0.2) is 0 Å². The highest BCUT2D eigenvalue weighted by molar-refractivity contribution is 4.93. The van der Waals surface area contributed by atoms with E-state index in [1.165, 1.54) is 38.6 Å². The Morgan fingerprint density at radius 3 is 2.33 bits per heavy atom. The summed E-state index contributed by atoms with van der Waals surface area (Å²) in [6, 6.07) is 2.31. The third-order valence-electron chi connectivity index (χ3n) is 4.10. The fourth-order valence-corrected chi connectivity index (χ4v) is 2.67. The fourth-order valence-electron chi connectivity index (χ4n) is 2.67. The molecule has 2 heteroatoms. The van der Waals surface area contributed by atoms with Crippen LogP contribution in [0.3, 0.4) is 0 Å². The maximum Gasteiger partial charge on any atom is 0.0223 e. The van der Waals surface area contributed by atoms with Crippen LogP contribution in [0.2, 0.25) is 0 Å². The van der Waals surface area contributed by atoms with Gasteiger partial charge in [-0.3, -0.25) is 4.90 Å². The number of nitrogens with zero attached hydrogens (tertiary/aromatic N) is 1. The molecular weight excluding hydrogens is 184 g/mol. The number of nitrogens with one attached hydrogen (secondary N) is 1. The van der Waals surface area contributed by atoms with Crippen molar-refractivity contribution >= 4 is 0 Å². The second kappa shape index (κ2) is 4.84. The van der Waals surface area contributed by atoms with Gasteiger partial charge in [-0.15, -0.1) is 0 Å². The second-order valence-corrected chi connectivity index (χ2v) is 5.42. The van der Waals surface area contributed by atoms with Gasteiger partial charge in [-0.2, -0.15) is 0 Å². The second-order valence-electron chi connectivity index (χ2n) is 5.42. The van der Waals surface area contributed by atoms with Gasteiger partial charge in [0.05, 0.1) is 0 Å². The molecule has 0 aliphatic heterocycles. The number of hydrogen-bond acceptors (Lipinski definition) is 2. The minimum Gasteiger partial charge on any atom is -0.315 e. The van der Waals surface area contributed by atoms with E-state index in [1.807, 2.05) is 0 Å². The molecule has 0 aromatic heterocycles. The molecule has 88 valence electrons. The Morgan fingerprint density at radius 2 is 1.93 bits per heavy atom. The lowest BCUT2D eigenvalue weighted by atomic mass is 10.1. The molecule has 2 atom stereocenters. The molecule has 0 bridgehead atoms. The molecule has 1 N–H and O–H groups in total. The van der Waals surface area contributed by atoms with E-state index in [9.17, 15) is 0 Å². The molecule has 2 aliphatic carbocycles.